The van der Waals surface area contributed by atoms with Crippen molar-refractivity contribution in [2.24, 2.45) is 5.41 Å². The first-order chi connectivity index (χ1) is 28.4. The zero-order valence-corrected chi connectivity index (χ0v) is 34.3. The number of aliphatic hydroxyl groups is 1. The van der Waals surface area contributed by atoms with Crippen molar-refractivity contribution in [2.75, 3.05) is 45.8 Å². The molecule has 2 N–H and O–H groups in total. The van der Waals surface area contributed by atoms with Crippen LogP contribution < -0.4 is 14.8 Å². The molecule has 6 aliphatic rings. The van der Waals surface area contributed by atoms with Gasteiger partial charge in [0.2, 0.25) is 5.88 Å². The molecule has 4 fully saturated rings. The lowest BCUT2D eigenvalue weighted by atomic mass is 9.67. The molecule has 3 aromatic carbocycles. The second kappa shape index (κ2) is 15.6. The highest BCUT2D eigenvalue weighted by molar-refractivity contribution is 6.36. The largest absolute Gasteiger partial charge is 0.496 e. The number of nitrogens with zero attached hydrogens (tertiary/aromatic N) is 4. The fraction of sp³-hybridized carbons (Fsp3) is 0.489. The predicted molar refractivity (Wildman–Crippen MR) is 218 cm³/mol. The molecule has 0 radical (unpaired) electrons. The average molecular weight is 832 g/mol. The van der Waals surface area contributed by atoms with E-state index in [4.69, 9.17) is 25.8 Å². The number of carbonyl (C=O) groups is 1. The Bertz CT molecular complexity index is 2280. The van der Waals surface area contributed by atoms with Crippen LogP contribution in [-0.2, 0) is 35.1 Å². The number of benzene rings is 3. The summed E-state index contributed by atoms with van der Waals surface area (Å²) in [5, 5.41) is 13.6. The maximum absolute atomic E-state index is 14.8. The molecule has 1 saturated carbocycles. The number of aliphatic hydroxyl groups excluding tert-OH is 1. The molecule has 10 rings (SSSR count). The summed E-state index contributed by atoms with van der Waals surface area (Å²) in [4.78, 5) is 26.0. The number of anilines is 1. The molecule has 3 saturated heterocycles. The number of likely N-dealkylation sites (tertiary alicyclic amines) is 1. The van der Waals surface area contributed by atoms with Gasteiger partial charge in [0, 0.05) is 55.0 Å². The van der Waals surface area contributed by atoms with Crippen LogP contribution in [0, 0.1) is 5.41 Å². The number of ether oxygens (including phenoxy) is 3. The summed E-state index contributed by atoms with van der Waals surface area (Å²) >= 11 is 7.29. The number of hydrogen-bond donors (Lipinski definition) is 2. The minimum absolute atomic E-state index is 0.0146. The Morgan fingerprint density at radius 2 is 1.73 bits per heavy atom. The standard InChI is InChI=1S/C45H49ClF3N5O5/c1-4-59-43(56)44-17-15-27(16-18-44)54(24-44)23-35-42(58-3)52-41(40(50-35)45(47,48)49)51-34-13-12-31-30(8-6-9-32(31)34)33-10-5-7-29(39(33)46)26-19-25-11-14-36(53-21-28(55)22-53)38(25)37(20-26)57-2/h5-10,19-20,27-28,34,36,55H,4,11-18,21-24H2,1-3H3,(H,51,52). The third kappa shape index (κ3) is 7.11. The smallest absolute Gasteiger partial charge is 0.437 e. The van der Waals surface area contributed by atoms with Crippen LogP contribution in [0.25, 0.3) is 22.3 Å². The van der Waals surface area contributed by atoms with Gasteiger partial charge in [-0.3, -0.25) is 14.6 Å². The van der Waals surface area contributed by atoms with Gasteiger partial charge in [-0.1, -0.05) is 54.1 Å². The summed E-state index contributed by atoms with van der Waals surface area (Å²) in [6.07, 6.45) is 0.865. The minimum atomic E-state index is -4.79. The molecule has 14 heteroatoms. The van der Waals surface area contributed by atoms with E-state index in [0.717, 1.165) is 64.8 Å². The number of aryl methyl sites for hydroxylation is 1. The van der Waals surface area contributed by atoms with Crippen LogP contribution >= 0.6 is 11.6 Å². The first kappa shape index (κ1) is 40.0. The maximum atomic E-state index is 14.8. The highest BCUT2D eigenvalue weighted by Crippen LogP contribution is 2.50. The monoisotopic (exact) mass is 831 g/mol. The van der Waals surface area contributed by atoms with Gasteiger partial charge in [0.05, 0.1) is 43.4 Å². The number of β-amino-alcohol motifs (C(OH)–C–C–N with tert-alkyl or cyclic N) is 1. The SMILES string of the molecule is CCOC(=O)C12CCC(CC1)N(Cc1nc(C(F)(F)F)c(NC3CCc4c(-c5cccc(-c6cc7c(c(OC)c6)C(N6CC(O)C6)CC7)c5Cl)cccc43)nc1OC)C2. The van der Waals surface area contributed by atoms with Gasteiger partial charge in [0.1, 0.15) is 11.4 Å². The molecule has 2 atom stereocenters. The molecule has 10 nitrogen and oxygen atoms in total. The number of carbonyl (C=O) groups excluding carboxylic acids is 1. The Balaban J connectivity index is 0.993. The highest BCUT2D eigenvalue weighted by Gasteiger charge is 2.51. The van der Waals surface area contributed by atoms with Crippen LogP contribution in [0.2, 0.25) is 5.02 Å². The van der Waals surface area contributed by atoms with Crippen molar-refractivity contribution in [1.82, 2.24) is 19.8 Å². The van der Waals surface area contributed by atoms with E-state index >= 15 is 0 Å². The van der Waals surface area contributed by atoms with E-state index in [0.29, 0.717) is 50.3 Å². The van der Waals surface area contributed by atoms with Crippen LogP contribution in [-0.4, -0.2) is 83.5 Å². The van der Waals surface area contributed by atoms with Gasteiger partial charge in [-0.25, -0.2) is 4.98 Å². The van der Waals surface area contributed by atoms with Gasteiger partial charge in [-0.15, -0.1) is 0 Å². The second-order valence-electron chi connectivity index (χ2n) is 16.7. The quantitative estimate of drug-likeness (QED) is 0.143. The van der Waals surface area contributed by atoms with Crippen molar-refractivity contribution in [1.29, 1.82) is 0 Å². The maximum Gasteiger partial charge on any atom is 0.437 e. The van der Waals surface area contributed by atoms with Crippen LogP contribution in [0.5, 0.6) is 11.6 Å². The predicted octanol–water partition coefficient (Wildman–Crippen LogP) is 8.57. The fourth-order valence-electron chi connectivity index (χ4n) is 10.5. The number of rotatable bonds is 11. The second-order valence-corrected chi connectivity index (χ2v) is 17.1. The van der Waals surface area contributed by atoms with Crippen molar-refractivity contribution in [3.8, 4) is 33.9 Å². The number of alkyl halides is 3. The molecule has 2 unspecified atom stereocenters. The number of fused-ring (bicyclic) bond motifs is 5. The Labute approximate surface area is 347 Å². The first-order valence-corrected chi connectivity index (χ1v) is 21.0. The van der Waals surface area contributed by atoms with Crippen LogP contribution in [0.4, 0.5) is 19.0 Å². The molecule has 0 amide bonds. The van der Waals surface area contributed by atoms with Gasteiger partial charge in [-0.05, 0) is 92.2 Å². The van der Waals surface area contributed by atoms with E-state index < -0.39 is 23.3 Å². The lowest BCUT2D eigenvalue weighted by Crippen LogP contribution is -2.57. The molecule has 4 aromatic rings. The Hall–Kier alpha value is -4.43. The van der Waals surface area contributed by atoms with Gasteiger partial charge >= 0.3 is 12.1 Å². The first-order valence-electron chi connectivity index (χ1n) is 20.6. The average Bonchev–Trinajstić information content (AvgIpc) is 3.84. The lowest BCUT2D eigenvalue weighted by Gasteiger charge is -2.51. The minimum Gasteiger partial charge on any atom is -0.496 e. The normalized spacial score (nSPS) is 24.1. The van der Waals surface area contributed by atoms with E-state index in [1.54, 1.807) is 14.0 Å². The molecular formula is C45H49ClF3N5O5. The Morgan fingerprint density at radius 1 is 0.983 bits per heavy atom. The summed E-state index contributed by atoms with van der Waals surface area (Å²) in [6, 6.07) is 15.9. The molecule has 3 aliphatic carbocycles. The van der Waals surface area contributed by atoms with Gasteiger partial charge in [0.25, 0.3) is 0 Å². The van der Waals surface area contributed by atoms with Crippen molar-refractivity contribution in [2.45, 2.75) is 95.2 Å². The zero-order chi connectivity index (χ0) is 41.2. The molecule has 0 spiro atoms. The number of hydrogen-bond acceptors (Lipinski definition) is 10. The fourth-order valence-corrected chi connectivity index (χ4v) is 10.8. The van der Waals surface area contributed by atoms with E-state index in [-0.39, 0.29) is 54.7 Å². The van der Waals surface area contributed by atoms with Gasteiger partial charge < -0.3 is 24.6 Å². The van der Waals surface area contributed by atoms with E-state index in [1.807, 2.05) is 47.4 Å². The molecule has 1 aromatic heterocycles. The van der Waals surface area contributed by atoms with Crippen molar-refractivity contribution in [3.05, 3.63) is 87.2 Å². The van der Waals surface area contributed by atoms with E-state index in [2.05, 4.69) is 26.3 Å². The van der Waals surface area contributed by atoms with Crippen molar-refractivity contribution >= 4 is 23.4 Å². The topological polar surface area (TPSA) is 109 Å². The molecular weight excluding hydrogens is 783 g/mol. The summed E-state index contributed by atoms with van der Waals surface area (Å²) in [5.41, 5.74) is 6.17. The van der Waals surface area contributed by atoms with Crippen LogP contribution in [0.1, 0.15) is 91.2 Å². The number of piperidine rings is 2. The lowest BCUT2D eigenvalue weighted by molar-refractivity contribution is -0.166. The third-order valence-electron chi connectivity index (χ3n) is 13.4. The summed E-state index contributed by atoms with van der Waals surface area (Å²) in [5.74, 6) is 0.193. The Kier molecular flexibility index (Phi) is 10.5. The summed E-state index contributed by atoms with van der Waals surface area (Å²) in [7, 11) is 3.07. The summed E-state index contributed by atoms with van der Waals surface area (Å²) < 4.78 is 61.5. The number of nitrogens with one attached hydrogen (secondary N) is 1. The number of aromatic nitrogens is 2. The van der Waals surface area contributed by atoms with Gasteiger partial charge in [0.15, 0.2) is 11.5 Å². The van der Waals surface area contributed by atoms with Gasteiger partial charge in [-0.2, -0.15) is 18.2 Å². The summed E-state index contributed by atoms with van der Waals surface area (Å²) in [6.45, 7) is 3.85. The molecule has 2 bridgehead atoms. The highest BCUT2D eigenvalue weighted by atomic mass is 35.5. The Morgan fingerprint density at radius 3 is 2.44 bits per heavy atom. The molecule has 312 valence electrons. The zero-order valence-electron chi connectivity index (χ0n) is 33.5. The van der Waals surface area contributed by atoms with Crippen molar-refractivity contribution < 1.29 is 37.3 Å². The van der Waals surface area contributed by atoms with Crippen LogP contribution in [0.3, 0.4) is 0 Å². The van der Waals surface area contributed by atoms with Crippen molar-refractivity contribution in [3.63, 3.8) is 0 Å². The number of esters is 1. The molecule has 3 aliphatic heterocycles. The third-order valence-corrected chi connectivity index (χ3v) is 13.8. The molecule has 59 heavy (non-hydrogen) atoms. The molecule has 4 heterocycles. The number of methoxy groups -OCH3 is 2. The van der Waals surface area contributed by atoms with E-state index in [9.17, 15) is 23.1 Å². The van der Waals surface area contributed by atoms with E-state index in [1.165, 1.54) is 18.2 Å². The van der Waals surface area contributed by atoms with Crippen LogP contribution in [0.15, 0.2) is 48.5 Å². The number of halogens is 4.